The van der Waals surface area contributed by atoms with E-state index in [-0.39, 0.29) is 0 Å². The molecule has 2 heterocycles. The third kappa shape index (κ3) is 3.38. The van der Waals surface area contributed by atoms with E-state index in [1.165, 1.54) is 0 Å². The predicted molar refractivity (Wildman–Crippen MR) is 104 cm³/mol. The lowest BCUT2D eigenvalue weighted by atomic mass is 10.1. The summed E-state index contributed by atoms with van der Waals surface area (Å²) in [6.07, 6.45) is 5.73. The molecule has 0 N–H and O–H groups in total. The van der Waals surface area contributed by atoms with Gasteiger partial charge in [0.05, 0.1) is 5.02 Å². The summed E-state index contributed by atoms with van der Waals surface area (Å²) in [4.78, 5) is 13.9. The second-order valence-electron chi connectivity index (χ2n) is 6.12. The highest BCUT2D eigenvalue weighted by molar-refractivity contribution is 6.36. The van der Waals surface area contributed by atoms with E-state index >= 15 is 0 Å². The fourth-order valence-corrected chi connectivity index (χ4v) is 3.81. The molecule has 0 aliphatic heterocycles. The first-order valence-corrected chi connectivity index (χ1v) is 9.53. The number of hydrogen-bond acceptors (Lipinski definition) is 3. The van der Waals surface area contributed by atoms with Crippen molar-refractivity contribution in [2.75, 3.05) is 0 Å². The van der Waals surface area contributed by atoms with Crippen LogP contribution in [0.2, 0.25) is 10.0 Å². The largest absolute Gasteiger partial charge is 0.309 e. The molecular weight excluding hydrogens is 355 g/mol. The van der Waals surface area contributed by atoms with Crippen LogP contribution in [0, 0.1) is 0 Å². The van der Waals surface area contributed by atoms with E-state index in [2.05, 4.69) is 35.3 Å². The minimum atomic E-state index is 0.397. The minimum absolute atomic E-state index is 0.397. The zero-order chi connectivity index (χ0) is 18.0. The lowest BCUT2D eigenvalue weighted by Crippen LogP contribution is -2.12. The summed E-state index contributed by atoms with van der Waals surface area (Å²) in [7, 11) is 0. The van der Waals surface area contributed by atoms with Crippen molar-refractivity contribution in [2.45, 2.75) is 52.5 Å². The van der Waals surface area contributed by atoms with Gasteiger partial charge in [0.1, 0.15) is 23.4 Å². The van der Waals surface area contributed by atoms with Crippen LogP contribution < -0.4 is 0 Å². The van der Waals surface area contributed by atoms with Crippen LogP contribution in [0.5, 0.6) is 0 Å². The Morgan fingerprint density at radius 1 is 1.12 bits per heavy atom. The molecule has 0 aliphatic carbocycles. The molecule has 0 fully saturated rings. The molecule has 3 aromatic rings. The van der Waals surface area contributed by atoms with E-state index in [1.54, 1.807) is 12.4 Å². The van der Waals surface area contributed by atoms with Crippen molar-refractivity contribution in [1.29, 1.82) is 0 Å². The van der Waals surface area contributed by atoms with Gasteiger partial charge in [-0.05, 0) is 31.0 Å². The lowest BCUT2D eigenvalue weighted by molar-refractivity contribution is 0.443. The number of halogens is 2. The molecule has 1 unspecified atom stereocenters. The predicted octanol–water partition coefficient (Wildman–Crippen LogP) is 6.11. The molecule has 6 heteroatoms. The highest BCUT2D eigenvalue weighted by Gasteiger charge is 2.21. The molecule has 2 aromatic heterocycles. The van der Waals surface area contributed by atoms with Crippen LogP contribution in [-0.2, 0) is 6.42 Å². The third-order valence-electron chi connectivity index (χ3n) is 4.51. The molecule has 0 aliphatic rings. The van der Waals surface area contributed by atoms with Gasteiger partial charge in [-0.15, -0.1) is 0 Å². The Morgan fingerprint density at radius 3 is 2.56 bits per heavy atom. The maximum Gasteiger partial charge on any atom is 0.164 e. The number of hydrogen-bond donors (Lipinski definition) is 0. The molecule has 1 aromatic carbocycles. The Morgan fingerprint density at radius 2 is 1.92 bits per heavy atom. The molecule has 0 amide bonds. The van der Waals surface area contributed by atoms with Gasteiger partial charge in [0.2, 0.25) is 0 Å². The number of benzene rings is 1. The monoisotopic (exact) mass is 376 g/mol. The maximum absolute atomic E-state index is 6.41. The van der Waals surface area contributed by atoms with Gasteiger partial charge in [0.25, 0.3) is 0 Å². The summed E-state index contributed by atoms with van der Waals surface area (Å²) >= 11 is 12.4. The quantitative estimate of drug-likeness (QED) is 0.520. The Hall–Kier alpha value is -1.65. The van der Waals surface area contributed by atoms with E-state index in [1.807, 2.05) is 12.1 Å². The third-order valence-corrected chi connectivity index (χ3v) is 5.06. The van der Waals surface area contributed by atoms with E-state index in [0.29, 0.717) is 16.1 Å². The molecule has 4 nitrogen and oxygen atoms in total. The van der Waals surface area contributed by atoms with Crippen molar-refractivity contribution in [1.82, 2.24) is 19.5 Å². The molecule has 3 rings (SSSR count). The average Bonchev–Trinajstić information content (AvgIpc) is 2.98. The van der Waals surface area contributed by atoms with Crippen LogP contribution in [-0.4, -0.2) is 19.5 Å². The average molecular weight is 377 g/mol. The molecule has 0 bridgehead atoms. The number of aromatic nitrogens is 4. The van der Waals surface area contributed by atoms with E-state index in [0.717, 1.165) is 53.9 Å². The molecule has 25 heavy (non-hydrogen) atoms. The number of rotatable bonds is 6. The topological polar surface area (TPSA) is 43.6 Å². The SMILES string of the molecule is CCCC(CC)n1c(CC)nc2c(-c3ccc(Cl)cc3Cl)ncnc21. The van der Waals surface area contributed by atoms with E-state index in [9.17, 15) is 0 Å². The highest BCUT2D eigenvalue weighted by atomic mass is 35.5. The summed E-state index contributed by atoms with van der Waals surface area (Å²) < 4.78 is 2.29. The Bertz CT molecular complexity index is 889. The van der Waals surface area contributed by atoms with Crippen LogP contribution in [0.3, 0.4) is 0 Å². The first-order valence-electron chi connectivity index (χ1n) is 8.77. The molecular formula is C19H22Cl2N4. The summed E-state index contributed by atoms with van der Waals surface area (Å²) in [6.45, 7) is 6.55. The van der Waals surface area contributed by atoms with Crippen LogP contribution >= 0.6 is 23.2 Å². The van der Waals surface area contributed by atoms with Crippen molar-refractivity contribution in [2.24, 2.45) is 0 Å². The molecule has 132 valence electrons. The first kappa shape index (κ1) is 18.2. The van der Waals surface area contributed by atoms with Crippen LogP contribution in [0.15, 0.2) is 24.5 Å². The summed E-state index contributed by atoms with van der Waals surface area (Å²) in [6, 6.07) is 5.84. The second-order valence-corrected chi connectivity index (χ2v) is 6.96. The standard InChI is InChI=1S/C19H22Cl2N4/c1-4-7-13(5-2)25-16(6-3)24-18-17(22-11-23-19(18)25)14-9-8-12(20)10-15(14)21/h8-11,13H,4-7H2,1-3H3. The van der Waals surface area contributed by atoms with Gasteiger partial charge in [-0.25, -0.2) is 15.0 Å². The molecule has 0 radical (unpaired) electrons. The first-order chi connectivity index (χ1) is 12.1. The lowest BCUT2D eigenvalue weighted by Gasteiger charge is -2.18. The van der Waals surface area contributed by atoms with Crippen molar-refractivity contribution in [3.05, 3.63) is 40.4 Å². The van der Waals surface area contributed by atoms with Gasteiger partial charge < -0.3 is 4.57 Å². The number of nitrogens with zero attached hydrogens (tertiary/aromatic N) is 4. The zero-order valence-electron chi connectivity index (χ0n) is 14.8. The Kier molecular flexibility index (Phi) is 5.60. The smallest absolute Gasteiger partial charge is 0.164 e. The van der Waals surface area contributed by atoms with Crippen molar-refractivity contribution in [3.8, 4) is 11.3 Å². The molecule has 0 saturated carbocycles. The van der Waals surface area contributed by atoms with Crippen molar-refractivity contribution >= 4 is 34.4 Å². The summed E-state index contributed by atoms with van der Waals surface area (Å²) in [5, 5.41) is 1.17. The zero-order valence-corrected chi connectivity index (χ0v) is 16.3. The van der Waals surface area contributed by atoms with Crippen molar-refractivity contribution in [3.63, 3.8) is 0 Å². The van der Waals surface area contributed by atoms with Gasteiger partial charge in [0, 0.05) is 23.0 Å². The van der Waals surface area contributed by atoms with Crippen LogP contribution in [0.4, 0.5) is 0 Å². The van der Waals surface area contributed by atoms with Gasteiger partial charge in [-0.3, -0.25) is 0 Å². The van der Waals surface area contributed by atoms with Crippen LogP contribution in [0.25, 0.3) is 22.4 Å². The van der Waals surface area contributed by atoms with Gasteiger partial charge in [-0.1, -0.05) is 50.4 Å². The number of imidazole rings is 1. The molecule has 0 saturated heterocycles. The number of fused-ring (bicyclic) bond motifs is 1. The Labute approximate surface area is 158 Å². The Balaban J connectivity index is 2.25. The van der Waals surface area contributed by atoms with Crippen LogP contribution in [0.1, 0.15) is 51.9 Å². The fourth-order valence-electron chi connectivity index (χ4n) is 3.31. The fraction of sp³-hybridized carbons (Fsp3) is 0.421. The van der Waals surface area contributed by atoms with Gasteiger partial charge >= 0.3 is 0 Å². The maximum atomic E-state index is 6.41. The minimum Gasteiger partial charge on any atom is -0.309 e. The normalized spacial score (nSPS) is 12.7. The summed E-state index contributed by atoms with van der Waals surface area (Å²) in [5.74, 6) is 1.04. The van der Waals surface area contributed by atoms with Gasteiger partial charge in [0.15, 0.2) is 5.65 Å². The van der Waals surface area contributed by atoms with E-state index in [4.69, 9.17) is 28.2 Å². The van der Waals surface area contributed by atoms with Gasteiger partial charge in [-0.2, -0.15) is 0 Å². The molecule has 0 spiro atoms. The van der Waals surface area contributed by atoms with E-state index < -0.39 is 0 Å². The number of aryl methyl sites for hydroxylation is 1. The van der Waals surface area contributed by atoms with Crippen molar-refractivity contribution < 1.29 is 0 Å². The second kappa shape index (κ2) is 7.71. The molecule has 1 atom stereocenters. The summed E-state index contributed by atoms with van der Waals surface area (Å²) in [5.41, 5.74) is 3.27. The highest BCUT2D eigenvalue weighted by Crippen LogP contribution is 2.34.